The molecule has 0 aliphatic rings. The molecule has 0 bridgehead atoms. The van der Waals surface area contributed by atoms with E-state index in [1.807, 2.05) is 25.3 Å². The lowest BCUT2D eigenvalue weighted by atomic mass is 10.1. The molecule has 1 aromatic carbocycles. The molecule has 0 saturated heterocycles. The number of rotatable bonds is 10. The SMILES string of the molecule is COCCCn1c(C)cc(C(=O)COC(=O)c2ccc(NC(=O)c3cccs3)cc2)c1C. The van der Waals surface area contributed by atoms with E-state index < -0.39 is 5.97 Å². The van der Waals surface area contributed by atoms with Crippen LogP contribution in [0.15, 0.2) is 47.8 Å². The maximum Gasteiger partial charge on any atom is 0.338 e. The van der Waals surface area contributed by atoms with Gasteiger partial charge in [-0.3, -0.25) is 9.59 Å². The molecule has 7 nitrogen and oxygen atoms in total. The first-order chi connectivity index (χ1) is 15.4. The number of Topliss-reactive ketones (excluding diaryl/α,β-unsaturated/α-hetero) is 1. The highest BCUT2D eigenvalue weighted by Crippen LogP contribution is 2.18. The highest BCUT2D eigenvalue weighted by molar-refractivity contribution is 7.12. The van der Waals surface area contributed by atoms with Crippen molar-refractivity contribution in [3.63, 3.8) is 0 Å². The van der Waals surface area contributed by atoms with Crippen LogP contribution in [-0.4, -0.2) is 42.6 Å². The van der Waals surface area contributed by atoms with Crippen molar-refractivity contribution in [3.05, 3.63) is 75.2 Å². The van der Waals surface area contributed by atoms with Crippen molar-refractivity contribution < 1.29 is 23.9 Å². The lowest BCUT2D eigenvalue weighted by Crippen LogP contribution is -2.15. The van der Waals surface area contributed by atoms with Gasteiger partial charge in [0.15, 0.2) is 6.61 Å². The van der Waals surface area contributed by atoms with Crippen molar-refractivity contribution in [2.45, 2.75) is 26.8 Å². The van der Waals surface area contributed by atoms with Crippen LogP contribution in [0.5, 0.6) is 0 Å². The number of amides is 1. The van der Waals surface area contributed by atoms with Gasteiger partial charge in [-0.2, -0.15) is 0 Å². The zero-order valence-electron chi connectivity index (χ0n) is 18.3. The Kier molecular flexibility index (Phi) is 7.97. The molecule has 0 spiro atoms. The average molecular weight is 455 g/mol. The van der Waals surface area contributed by atoms with Crippen molar-refractivity contribution >= 4 is 34.7 Å². The van der Waals surface area contributed by atoms with Gasteiger partial charge in [-0.05, 0) is 62.0 Å². The molecule has 3 aromatic rings. The highest BCUT2D eigenvalue weighted by Gasteiger charge is 2.18. The second-order valence-corrected chi connectivity index (χ2v) is 8.24. The van der Waals surface area contributed by atoms with Crippen molar-refractivity contribution in [2.24, 2.45) is 0 Å². The number of esters is 1. The van der Waals surface area contributed by atoms with Gasteiger partial charge in [0.2, 0.25) is 5.78 Å². The lowest BCUT2D eigenvalue weighted by molar-refractivity contribution is 0.0474. The molecule has 0 fully saturated rings. The summed E-state index contributed by atoms with van der Waals surface area (Å²) in [6, 6.07) is 11.7. The molecule has 8 heteroatoms. The number of nitrogens with one attached hydrogen (secondary N) is 1. The minimum atomic E-state index is -0.594. The van der Waals surface area contributed by atoms with Crippen molar-refractivity contribution in [1.29, 1.82) is 0 Å². The molecule has 2 aromatic heterocycles. The maximum absolute atomic E-state index is 12.6. The van der Waals surface area contributed by atoms with E-state index in [4.69, 9.17) is 9.47 Å². The average Bonchev–Trinajstić information content (AvgIpc) is 3.42. The van der Waals surface area contributed by atoms with Gasteiger partial charge in [-0.25, -0.2) is 4.79 Å². The van der Waals surface area contributed by atoms with E-state index in [1.165, 1.54) is 11.3 Å². The van der Waals surface area contributed by atoms with Gasteiger partial charge in [0.25, 0.3) is 5.91 Å². The van der Waals surface area contributed by atoms with Crippen LogP contribution in [-0.2, 0) is 16.0 Å². The highest BCUT2D eigenvalue weighted by atomic mass is 32.1. The molecule has 2 heterocycles. The lowest BCUT2D eigenvalue weighted by Gasteiger charge is -2.09. The molecule has 0 saturated carbocycles. The monoisotopic (exact) mass is 454 g/mol. The quantitative estimate of drug-likeness (QED) is 0.277. The Labute approximate surface area is 191 Å². The molecule has 3 rings (SSSR count). The Bertz CT molecular complexity index is 1080. The zero-order chi connectivity index (χ0) is 23.1. The Morgan fingerprint density at radius 3 is 2.50 bits per heavy atom. The molecule has 32 heavy (non-hydrogen) atoms. The summed E-state index contributed by atoms with van der Waals surface area (Å²) in [5.41, 5.74) is 3.26. The van der Waals surface area contributed by atoms with Gasteiger partial charge in [-0.15, -0.1) is 11.3 Å². The number of carbonyl (C=O) groups is 3. The van der Waals surface area contributed by atoms with Crippen LogP contribution in [0.3, 0.4) is 0 Å². The van der Waals surface area contributed by atoms with Gasteiger partial charge in [0.1, 0.15) is 0 Å². The molecule has 0 radical (unpaired) electrons. The van der Waals surface area contributed by atoms with Crippen molar-refractivity contribution in [1.82, 2.24) is 4.57 Å². The number of carbonyl (C=O) groups excluding carboxylic acids is 3. The van der Waals surface area contributed by atoms with Crippen LogP contribution >= 0.6 is 11.3 Å². The van der Waals surface area contributed by atoms with Crippen LogP contribution in [0.4, 0.5) is 5.69 Å². The van der Waals surface area contributed by atoms with Gasteiger partial charge >= 0.3 is 5.97 Å². The third kappa shape index (κ3) is 5.72. The first-order valence-corrected chi connectivity index (χ1v) is 11.1. The Morgan fingerprint density at radius 2 is 1.84 bits per heavy atom. The smallest absolute Gasteiger partial charge is 0.338 e. The van der Waals surface area contributed by atoms with E-state index in [2.05, 4.69) is 9.88 Å². The van der Waals surface area contributed by atoms with Crippen LogP contribution in [0.2, 0.25) is 0 Å². The molecular weight excluding hydrogens is 428 g/mol. The van der Waals surface area contributed by atoms with Gasteiger partial charge in [-0.1, -0.05) is 6.07 Å². The fourth-order valence-electron chi connectivity index (χ4n) is 3.38. The van der Waals surface area contributed by atoms with Crippen molar-refractivity contribution in [3.8, 4) is 0 Å². The molecule has 168 valence electrons. The summed E-state index contributed by atoms with van der Waals surface area (Å²) < 4.78 is 12.4. The topological polar surface area (TPSA) is 86.6 Å². The molecule has 0 atom stereocenters. The molecule has 1 amide bonds. The number of ether oxygens (including phenoxy) is 2. The molecule has 0 unspecified atom stereocenters. The number of aromatic nitrogens is 1. The van der Waals surface area contributed by atoms with E-state index in [-0.39, 0.29) is 18.3 Å². The summed E-state index contributed by atoms with van der Waals surface area (Å²) in [6.45, 7) is 4.90. The predicted molar refractivity (Wildman–Crippen MR) is 124 cm³/mol. The van der Waals surface area contributed by atoms with Crippen molar-refractivity contribution in [2.75, 3.05) is 25.6 Å². The van der Waals surface area contributed by atoms with E-state index in [1.54, 1.807) is 43.5 Å². The van der Waals surface area contributed by atoms with E-state index in [9.17, 15) is 14.4 Å². The summed E-state index contributed by atoms with van der Waals surface area (Å²) in [5.74, 6) is -1.05. The Hall–Kier alpha value is -3.23. The third-order valence-electron chi connectivity index (χ3n) is 5.06. The summed E-state index contributed by atoms with van der Waals surface area (Å²) >= 11 is 1.35. The number of thiophene rings is 1. The van der Waals surface area contributed by atoms with E-state index in [0.29, 0.717) is 28.3 Å². The summed E-state index contributed by atoms with van der Waals surface area (Å²) in [5, 5.41) is 4.60. The van der Waals surface area contributed by atoms with Crippen LogP contribution in [0.1, 0.15) is 48.2 Å². The van der Waals surface area contributed by atoms with Gasteiger partial charge in [0, 0.05) is 42.9 Å². The molecule has 0 aliphatic carbocycles. The Balaban J connectivity index is 1.55. The Morgan fingerprint density at radius 1 is 1.09 bits per heavy atom. The van der Waals surface area contributed by atoms with Crippen LogP contribution in [0.25, 0.3) is 0 Å². The van der Waals surface area contributed by atoms with Crippen LogP contribution < -0.4 is 5.32 Å². The normalized spacial score (nSPS) is 10.7. The number of hydrogen-bond acceptors (Lipinski definition) is 6. The maximum atomic E-state index is 12.6. The molecular formula is C24H26N2O5S. The van der Waals surface area contributed by atoms with E-state index in [0.717, 1.165) is 24.4 Å². The molecule has 1 N–H and O–H groups in total. The predicted octanol–water partition coefficient (Wildman–Crippen LogP) is 4.49. The van der Waals surface area contributed by atoms with Gasteiger partial charge in [0.05, 0.1) is 10.4 Å². The zero-order valence-corrected chi connectivity index (χ0v) is 19.2. The fraction of sp³-hybridized carbons (Fsp3) is 0.292. The fourth-order valence-corrected chi connectivity index (χ4v) is 4.00. The first-order valence-electron chi connectivity index (χ1n) is 10.2. The number of aryl methyl sites for hydroxylation is 1. The van der Waals surface area contributed by atoms with Crippen LogP contribution in [0, 0.1) is 13.8 Å². The van der Waals surface area contributed by atoms with Gasteiger partial charge < -0.3 is 19.4 Å². The van der Waals surface area contributed by atoms with E-state index >= 15 is 0 Å². The standard InChI is InChI=1S/C24H26N2O5S/c1-16-14-20(17(2)26(16)11-5-12-30-3)21(27)15-31-24(29)18-7-9-19(10-8-18)25-23(28)22-6-4-13-32-22/h4,6-10,13-14H,5,11-12,15H2,1-3H3,(H,25,28). The minimum absolute atomic E-state index is 0.208. The second-order valence-electron chi connectivity index (χ2n) is 7.29. The molecule has 0 aliphatic heterocycles. The summed E-state index contributed by atoms with van der Waals surface area (Å²) in [7, 11) is 1.66. The second kappa shape index (κ2) is 10.9. The minimum Gasteiger partial charge on any atom is -0.454 e. The number of nitrogens with zero attached hydrogens (tertiary/aromatic N) is 1. The third-order valence-corrected chi connectivity index (χ3v) is 5.93. The summed E-state index contributed by atoms with van der Waals surface area (Å²) in [4.78, 5) is 37.7. The number of ketones is 1. The number of benzene rings is 1. The number of hydrogen-bond donors (Lipinski definition) is 1. The number of anilines is 1. The summed E-state index contributed by atoms with van der Waals surface area (Å²) in [6.07, 6.45) is 0.846. The number of methoxy groups -OCH3 is 1. The first kappa shape index (κ1) is 23.4. The largest absolute Gasteiger partial charge is 0.454 e.